The largest absolute Gasteiger partial charge is 0.483 e. The van der Waals surface area contributed by atoms with Gasteiger partial charge in [0.2, 0.25) is 0 Å². The molecule has 0 radical (unpaired) electrons. The summed E-state index contributed by atoms with van der Waals surface area (Å²) in [4.78, 5) is 11.6. The minimum Gasteiger partial charge on any atom is -0.483 e. The maximum atomic E-state index is 8.36. The van der Waals surface area contributed by atoms with Gasteiger partial charge in [-0.05, 0) is 39.6 Å². The lowest BCUT2D eigenvalue weighted by molar-refractivity contribution is -0.122. The first kappa shape index (κ1) is 15.8. The van der Waals surface area contributed by atoms with Gasteiger partial charge < -0.3 is 10.1 Å². The van der Waals surface area contributed by atoms with Gasteiger partial charge in [0.05, 0.1) is 0 Å². The van der Waals surface area contributed by atoms with Crippen LogP contribution in [0.2, 0.25) is 0 Å². The van der Waals surface area contributed by atoms with Gasteiger partial charge >= 0.3 is 0 Å². The Hall–Kier alpha value is -2.55. The highest BCUT2D eigenvalue weighted by atomic mass is 16.3. The van der Waals surface area contributed by atoms with Crippen LogP contribution in [0, 0.1) is 0 Å². The Balaban J connectivity index is 0.000000545. The standard InChI is InChI=1S/C18H19N.CH2O2/c1-18(2,3)16-8-6-13(7-9-16)15-5-4-14-10-11-19-17(14)12-15;2-1-3/h4-12,19H,1-3H3;1H,(H,2,3). The van der Waals surface area contributed by atoms with Gasteiger partial charge in [-0.3, -0.25) is 4.79 Å². The van der Waals surface area contributed by atoms with Crippen LogP contribution < -0.4 is 0 Å². The number of aromatic amines is 1. The van der Waals surface area contributed by atoms with Crippen molar-refractivity contribution in [2.45, 2.75) is 26.2 Å². The van der Waals surface area contributed by atoms with E-state index in [0.29, 0.717) is 0 Å². The smallest absolute Gasteiger partial charge is 0.290 e. The molecule has 0 saturated carbocycles. The lowest BCUT2D eigenvalue weighted by atomic mass is 9.86. The topological polar surface area (TPSA) is 53.1 Å². The molecule has 3 heteroatoms. The number of benzene rings is 2. The van der Waals surface area contributed by atoms with Crippen molar-refractivity contribution in [3.63, 3.8) is 0 Å². The summed E-state index contributed by atoms with van der Waals surface area (Å²) in [5, 5.41) is 8.15. The number of hydrogen-bond donors (Lipinski definition) is 2. The first-order valence-corrected chi connectivity index (χ1v) is 7.21. The molecule has 0 aliphatic heterocycles. The van der Waals surface area contributed by atoms with E-state index in [1.165, 1.54) is 27.6 Å². The summed E-state index contributed by atoms with van der Waals surface area (Å²) < 4.78 is 0. The van der Waals surface area contributed by atoms with Gasteiger partial charge in [0.25, 0.3) is 6.47 Å². The summed E-state index contributed by atoms with van der Waals surface area (Å²) >= 11 is 0. The SMILES string of the molecule is CC(C)(C)c1ccc(-c2ccc3cc[nH]c3c2)cc1.O=CO. The van der Waals surface area contributed by atoms with E-state index in [9.17, 15) is 0 Å². The van der Waals surface area contributed by atoms with Crippen LogP contribution in [0.15, 0.2) is 54.7 Å². The molecule has 0 amide bonds. The van der Waals surface area contributed by atoms with Gasteiger partial charge in [-0.2, -0.15) is 0 Å². The lowest BCUT2D eigenvalue weighted by Gasteiger charge is -2.19. The van der Waals surface area contributed by atoms with E-state index >= 15 is 0 Å². The molecule has 3 nitrogen and oxygen atoms in total. The van der Waals surface area contributed by atoms with E-state index in [1.54, 1.807) is 0 Å². The molecule has 0 saturated heterocycles. The van der Waals surface area contributed by atoms with E-state index in [-0.39, 0.29) is 11.9 Å². The zero-order valence-corrected chi connectivity index (χ0v) is 13.1. The van der Waals surface area contributed by atoms with Crippen LogP contribution >= 0.6 is 0 Å². The number of nitrogens with one attached hydrogen (secondary N) is 1. The number of fused-ring (bicyclic) bond motifs is 1. The molecule has 3 rings (SSSR count). The molecule has 0 fully saturated rings. The van der Waals surface area contributed by atoms with E-state index in [1.807, 2.05) is 6.20 Å². The molecule has 0 aliphatic rings. The molecule has 2 aromatic carbocycles. The zero-order valence-electron chi connectivity index (χ0n) is 13.1. The zero-order chi connectivity index (χ0) is 16.2. The Morgan fingerprint density at radius 2 is 1.55 bits per heavy atom. The van der Waals surface area contributed by atoms with Gasteiger partial charge in [-0.15, -0.1) is 0 Å². The van der Waals surface area contributed by atoms with Crippen LogP contribution in [0.5, 0.6) is 0 Å². The minimum absolute atomic E-state index is 0.210. The Morgan fingerprint density at radius 3 is 2.14 bits per heavy atom. The van der Waals surface area contributed by atoms with Gasteiger partial charge in [-0.25, -0.2) is 0 Å². The molecule has 0 aliphatic carbocycles. The van der Waals surface area contributed by atoms with Crippen LogP contribution in [0.1, 0.15) is 26.3 Å². The van der Waals surface area contributed by atoms with E-state index in [0.717, 1.165) is 0 Å². The number of carboxylic acid groups (broad SMARTS) is 1. The average Bonchev–Trinajstić information content (AvgIpc) is 2.94. The monoisotopic (exact) mass is 295 g/mol. The number of rotatable bonds is 1. The normalized spacial score (nSPS) is 10.9. The van der Waals surface area contributed by atoms with Crippen molar-refractivity contribution in [3.8, 4) is 11.1 Å². The molecule has 114 valence electrons. The van der Waals surface area contributed by atoms with Crippen LogP contribution in [0.4, 0.5) is 0 Å². The van der Waals surface area contributed by atoms with Crippen molar-refractivity contribution >= 4 is 17.4 Å². The summed E-state index contributed by atoms with van der Waals surface area (Å²) in [6, 6.07) is 17.5. The van der Waals surface area contributed by atoms with Crippen LogP contribution in [0.3, 0.4) is 0 Å². The van der Waals surface area contributed by atoms with Crippen molar-refractivity contribution in [1.82, 2.24) is 4.98 Å². The predicted molar refractivity (Wildman–Crippen MR) is 91.1 cm³/mol. The molecular formula is C19H21NO2. The van der Waals surface area contributed by atoms with Crippen LogP contribution in [-0.4, -0.2) is 16.6 Å². The van der Waals surface area contributed by atoms with E-state index < -0.39 is 0 Å². The van der Waals surface area contributed by atoms with Gasteiger partial charge in [-0.1, -0.05) is 57.2 Å². The predicted octanol–water partition coefficient (Wildman–Crippen LogP) is 4.83. The fraction of sp³-hybridized carbons (Fsp3) is 0.211. The highest BCUT2D eigenvalue weighted by Crippen LogP contribution is 2.27. The third-order valence-corrected chi connectivity index (χ3v) is 3.64. The van der Waals surface area contributed by atoms with E-state index in [2.05, 4.69) is 74.3 Å². The third kappa shape index (κ3) is 3.55. The fourth-order valence-electron chi connectivity index (χ4n) is 2.39. The maximum absolute atomic E-state index is 8.36. The molecule has 1 aromatic heterocycles. The minimum atomic E-state index is -0.250. The van der Waals surface area contributed by atoms with Crippen molar-refractivity contribution in [3.05, 3.63) is 60.3 Å². The van der Waals surface area contributed by atoms with Crippen molar-refractivity contribution in [2.24, 2.45) is 0 Å². The number of aromatic nitrogens is 1. The van der Waals surface area contributed by atoms with Gasteiger partial charge in [0.15, 0.2) is 0 Å². The summed E-state index contributed by atoms with van der Waals surface area (Å²) in [7, 11) is 0. The summed E-state index contributed by atoms with van der Waals surface area (Å²) in [5.41, 5.74) is 5.30. The second kappa shape index (κ2) is 6.48. The summed E-state index contributed by atoms with van der Waals surface area (Å²) in [6.45, 7) is 6.48. The molecule has 0 bridgehead atoms. The Labute approximate surface area is 130 Å². The fourth-order valence-corrected chi connectivity index (χ4v) is 2.39. The average molecular weight is 295 g/mol. The molecule has 0 atom stereocenters. The van der Waals surface area contributed by atoms with Gasteiger partial charge in [0.1, 0.15) is 0 Å². The Bertz CT molecular complexity index is 749. The maximum Gasteiger partial charge on any atom is 0.290 e. The van der Waals surface area contributed by atoms with E-state index in [4.69, 9.17) is 9.90 Å². The first-order valence-electron chi connectivity index (χ1n) is 7.21. The number of carbonyl (C=O) groups is 1. The molecule has 0 unspecified atom stereocenters. The molecular weight excluding hydrogens is 274 g/mol. The highest BCUT2D eigenvalue weighted by Gasteiger charge is 2.13. The van der Waals surface area contributed by atoms with Crippen LogP contribution in [-0.2, 0) is 10.2 Å². The van der Waals surface area contributed by atoms with Crippen molar-refractivity contribution < 1.29 is 9.90 Å². The number of hydrogen-bond acceptors (Lipinski definition) is 1. The highest BCUT2D eigenvalue weighted by molar-refractivity contribution is 5.84. The number of H-pyrrole nitrogens is 1. The van der Waals surface area contributed by atoms with Crippen LogP contribution in [0.25, 0.3) is 22.0 Å². The first-order chi connectivity index (χ1) is 10.5. The molecule has 3 aromatic rings. The Morgan fingerprint density at radius 1 is 0.955 bits per heavy atom. The second-order valence-corrected chi connectivity index (χ2v) is 6.21. The quantitative estimate of drug-likeness (QED) is 0.631. The molecule has 2 N–H and O–H groups in total. The van der Waals surface area contributed by atoms with Crippen molar-refractivity contribution in [2.75, 3.05) is 0 Å². The molecule has 0 spiro atoms. The summed E-state index contributed by atoms with van der Waals surface area (Å²) in [6.07, 6.45) is 1.98. The summed E-state index contributed by atoms with van der Waals surface area (Å²) in [5.74, 6) is 0. The lowest BCUT2D eigenvalue weighted by Crippen LogP contribution is -2.10. The molecule has 22 heavy (non-hydrogen) atoms. The van der Waals surface area contributed by atoms with Crippen molar-refractivity contribution in [1.29, 1.82) is 0 Å². The molecule has 1 heterocycles. The third-order valence-electron chi connectivity index (χ3n) is 3.64. The van der Waals surface area contributed by atoms with Gasteiger partial charge in [0, 0.05) is 11.7 Å². The Kier molecular flexibility index (Phi) is 4.66. The second-order valence-electron chi connectivity index (χ2n) is 6.21.